The molecule has 0 saturated heterocycles. The van der Waals surface area contributed by atoms with Crippen LogP contribution >= 0.6 is 11.3 Å². The Labute approximate surface area is 203 Å². The summed E-state index contributed by atoms with van der Waals surface area (Å²) >= 11 is 1.16. The highest BCUT2D eigenvalue weighted by Crippen LogP contribution is 2.22. The van der Waals surface area contributed by atoms with Crippen LogP contribution in [0.25, 0.3) is 10.2 Å². The number of nitrogens with zero attached hydrogens (tertiary/aromatic N) is 3. The first kappa shape index (κ1) is 25.8. The average molecular weight is 502 g/mol. The van der Waals surface area contributed by atoms with Crippen molar-refractivity contribution in [2.45, 2.75) is 39.1 Å². The number of hydrogen-bond donors (Lipinski definition) is 0. The van der Waals surface area contributed by atoms with Gasteiger partial charge in [-0.15, -0.1) is 6.42 Å². The number of halogens is 1. The topological polar surface area (TPSA) is 71.7 Å². The van der Waals surface area contributed by atoms with E-state index in [1.165, 1.54) is 39.2 Å². The number of benzene rings is 2. The van der Waals surface area contributed by atoms with Gasteiger partial charge in [-0.25, -0.2) is 12.8 Å². The zero-order valence-electron chi connectivity index (χ0n) is 19.7. The van der Waals surface area contributed by atoms with Gasteiger partial charge in [0.1, 0.15) is 5.82 Å². The molecule has 6 nitrogen and oxygen atoms in total. The summed E-state index contributed by atoms with van der Waals surface area (Å²) in [5, 5.41) is 0. The monoisotopic (exact) mass is 501 g/mol. The van der Waals surface area contributed by atoms with Gasteiger partial charge in [0, 0.05) is 18.7 Å². The molecule has 0 bridgehead atoms. The molecule has 0 unspecified atom stereocenters. The van der Waals surface area contributed by atoms with E-state index in [2.05, 4.69) is 10.9 Å². The maximum Gasteiger partial charge on any atom is 0.279 e. The van der Waals surface area contributed by atoms with E-state index < -0.39 is 21.7 Å². The Hall–Kier alpha value is -2.80. The van der Waals surface area contributed by atoms with E-state index in [9.17, 15) is 17.6 Å². The molecule has 0 atom stereocenters. The Morgan fingerprint density at radius 3 is 2.29 bits per heavy atom. The van der Waals surface area contributed by atoms with Gasteiger partial charge in [0.2, 0.25) is 10.0 Å². The van der Waals surface area contributed by atoms with E-state index in [0.29, 0.717) is 23.3 Å². The third-order valence-corrected chi connectivity index (χ3v) is 7.86. The van der Waals surface area contributed by atoms with Crippen LogP contribution in [-0.2, 0) is 16.6 Å². The van der Waals surface area contributed by atoms with Gasteiger partial charge in [-0.2, -0.15) is 9.30 Å². The van der Waals surface area contributed by atoms with Crippen LogP contribution < -0.4 is 4.80 Å². The fourth-order valence-corrected chi connectivity index (χ4v) is 6.37. The third kappa shape index (κ3) is 5.63. The second kappa shape index (κ2) is 10.6. The molecule has 9 heteroatoms. The van der Waals surface area contributed by atoms with Gasteiger partial charge in [0.25, 0.3) is 5.91 Å². The molecule has 0 aliphatic heterocycles. The van der Waals surface area contributed by atoms with Gasteiger partial charge in [-0.1, -0.05) is 51.0 Å². The summed E-state index contributed by atoms with van der Waals surface area (Å²) in [5.41, 5.74) is 0.525. The van der Waals surface area contributed by atoms with Gasteiger partial charge in [0.05, 0.1) is 21.7 Å². The van der Waals surface area contributed by atoms with Crippen molar-refractivity contribution >= 4 is 37.5 Å². The fourth-order valence-electron chi connectivity index (χ4n) is 3.57. The summed E-state index contributed by atoms with van der Waals surface area (Å²) in [7, 11) is -3.70. The van der Waals surface area contributed by atoms with Crippen molar-refractivity contribution in [3.05, 3.63) is 58.6 Å². The molecule has 0 aliphatic carbocycles. The standard InChI is InChI=1S/C25H28FN3O3S2/c1-6-14-29-23-21(26)8-7-9-22(23)33-25(29)27-24(30)19-10-12-20(13-11-19)34(31,32)28(15-17(2)3)16-18(4)5/h1,7-13,17-18H,14-16H2,2-5H3. The van der Waals surface area contributed by atoms with Gasteiger partial charge >= 0.3 is 0 Å². The first-order valence-electron chi connectivity index (χ1n) is 10.9. The smallest absolute Gasteiger partial charge is 0.279 e. The van der Waals surface area contributed by atoms with Gasteiger partial charge < -0.3 is 4.57 Å². The maximum atomic E-state index is 14.4. The predicted octanol–water partition coefficient (Wildman–Crippen LogP) is 4.52. The molecule has 0 saturated carbocycles. The van der Waals surface area contributed by atoms with Crippen molar-refractivity contribution in [3.8, 4) is 12.3 Å². The molecule has 0 radical (unpaired) electrons. The molecule has 34 heavy (non-hydrogen) atoms. The number of thiazole rings is 1. The minimum atomic E-state index is -3.70. The number of amides is 1. The van der Waals surface area contributed by atoms with E-state index in [1.54, 1.807) is 12.1 Å². The SMILES string of the molecule is C#CCn1c(=NC(=O)c2ccc(S(=O)(=O)N(CC(C)C)CC(C)C)cc2)sc2cccc(F)c21. The highest BCUT2D eigenvalue weighted by atomic mass is 32.2. The number of carbonyl (C=O) groups excluding carboxylic acids is 1. The lowest BCUT2D eigenvalue weighted by molar-refractivity contribution is 0.0997. The first-order chi connectivity index (χ1) is 16.0. The van der Waals surface area contributed by atoms with Crippen LogP contribution in [0.15, 0.2) is 52.4 Å². The molecular formula is C25H28FN3O3S2. The summed E-state index contributed by atoms with van der Waals surface area (Å²) in [6.07, 6.45) is 5.44. The van der Waals surface area contributed by atoms with Crippen molar-refractivity contribution in [1.82, 2.24) is 8.87 Å². The molecular weight excluding hydrogens is 473 g/mol. The number of rotatable bonds is 8. The van der Waals surface area contributed by atoms with E-state index in [1.807, 2.05) is 27.7 Å². The number of aromatic nitrogens is 1. The molecule has 3 rings (SSSR count). The summed E-state index contributed by atoms with van der Waals surface area (Å²) in [6, 6.07) is 10.4. The lowest BCUT2D eigenvalue weighted by atomic mass is 10.2. The zero-order chi connectivity index (χ0) is 25.0. The molecule has 1 aromatic heterocycles. The Morgan fingerprint density at radius 2 is 1.74 bits per heavy atom. The van der Waals surface area contributed by atoms with Crippen molar-refractivity contribution in [1.29, 1.82) is 0 Å². The van der Waals surface area contributed by atoms with Crippen LogP contribution in [0.1, 0.15) is 38.1 Å². The summed E-state index contributed by atoms with van der Waals surface area (Å²) in [6.45, 7) is 8.77. The van der Waals surface area contributed by atoms with Crippen LogP contribution in [0.5, 0.6) is 0 Å². The molecule has 0 aliphatic rings. The molecule has 3 aromatic rings. The van der Waals surface area contributed by atoms with Gasteiger partial charge in [0.15, 0.2) is 4.80 Å². The number of fused-ring (bicyclic) bond motifs is 1. The first-order valence-corrected chi connectivity index (χ1v) is 13.2. The molecule has 2 aromatic carbocycles. The molecule has 180 valence electrons. The lowest BCUT2D eigenvalue weighted by Gasteiger charge is -2.25. The Morgan fingerprint density at radius 1 is 1.12 bits per heavy atom. The number of sulfonamides is 1. The predicted molar refractivity (Wildman–Crippen MR) is 133 cm³/mol. The highest BCUT2D eigenvalue weighted by molar-refractivity contribution is 7.89. The minimum Gasteiger partial charge on any atom is -0.302 e. The van der Waals surface area contributed by atoms with Crippen LogP contribution in [-0.4, -0.2) is 36.3 Å². The Kier molecular flexibility index (Phi) is 8.08. The van der Waals surface area contributed by atoms with E-state index in [-0.39, 0.29) is 33.6 Å². The van der Waals surface area contributed by atoms with Crippen LogP contribution in [0.3, 0.4) is 0 Å². The highest BCUT2D eigenvalue weighted by Gasteiger charge is 2.26. The fraction of sp³-hybridized carbons (Fsp3) is 0.360. The van der Waals surface area contributed by atoms with E-state index in [4.69, 9.17) is 6.42 Å². The van der Waals surface area contributed by atoms with Gasteiger partial charge in [-0.3, -0.25) is 4.79 Å². The third-order valence-electron chi connectivity index (χ3n) is 4.98. The number of terminal acetylenes is 1. The molecule has 0 N–H and O–H groups in total. The lowest BCUT2D eigenvalue weighted by Crippen LogP contribution is -2.37. The maximum absolute atomic E-state index is 14.4. The number of para-hydroxylation sites is 1. The largest absolute Gasteiger partial charge is 0.302 e. The van der Waals surface area contributed by atoms with Crippen molar-refractivity contribution in [3.63, 3.8) is 0 Å². The normalized spacial score (nSPS) is 12.7. The van der Waals surface area contributed by atoms with E-state index >= 15 is 0 Å². The Bertz CT molecular complexity index is 1390. The van der Waals surface area contributed by atoms with Gasteiger partial charge in [-0.05, 0) is 48.2 Å². The summed E-state index contributed by atoms with van der Waals surface area (Å²) < 4.78 is 44.3. The van der Waals surface area contributed by atoms with Crippen LogP contribution in [0.4, 0.5) is 4.39 Å². The van der Waals surface area contributed by atoms with Crippen molar-refractivity contribution in [2.75, 3.05) is 13.1 Å². The average Bonchev–Trinajstić information content (AvgIpc) is 3.11. The number of carbonyl (C=O) groups is 1. The second-order valence-electron chi connectivity index (χ2n) is 8.81. The minimum absolute atomic E-state index is 0.0613. The number of hydrogen-bond acceptors (Lipinski definition) is 4. The van der Waals surface area contributed by atoms with Crippen LogP contribution in [0.2, 0.25) is 0 Å². The molecule has 0 spiro atoms. The van der Waals surface area contributed by atoms with Crippen LogP contribution in [0, 0.1) is 30.0 Å². The van der Waals surface area contributed by atoms with E-state index in [0.717, 1.165) is 11.3 Å². The zero-order valence-corrected chi connectivity index (χ0v) is 21.3. The molecule has 1 amide bonds. The molecule has 0 fully saturated rings. The summed E-state index contributed by atoms with van der Waals surface area (Å²) in [4.78, 5) is 17.4. The summed E-state index contributed by atoms with van der Waals surface area (Å²) in [5.74, 6) is 1.80. The Balaban J connectivity index is 1.96. The van der Waals surface area contributed by atoms with Crippen molar-refractivity contribution < 1.29 is 17.6 Å². The second-order valence-corrected chi connectivity index (χ2v) is 11.8. The quantitative estimate of drug-likeness (QED) is 0.426. The van der Waals surface area contributed by atoms with Crippen molar-refractivity contribution in [2.24, 2.45) is 16.8 Å². The molecule has 1 heterocycles.